The number of thiophene rings is 1. The van der Waals surface area contributed by atoms with Crippen LogP contribution < -0.4 is 10.1 Å². The first-order chi connectivity index (χ1) is 12.4. The molecule has 0 unspecified atom stereocenters. The van der Waals surface area contributed by atoms with Gasteiger partial charge in [-0.3, -0.25) is 0 Å². The number of carbonyl (C=O) groups excluding carboxylic acids is 1. The molecule has 0 spiro atoms. The van der Waals surface area contributed by atoms with Crippen LogP contribution in [0.1, 0.15) is 31.9 Å². The second kappa shape index (κ2) is 9.59. The van der Waals surface area contributed by atoms with Crippen LogP contribution in [0.2, 0.25) is 0 Å². The molecule has 0 saturated heterocycles. The van der Waals surface area contributed by atoms with Crippen molar-refractivity contribution in [3.63, 3.8) is 0 Å². The zero-order valence-corrected chi connectivity index (χ0v) is 16.5. The van der Waals surface area contributed by atoms with Crippen LogP contribution in [0.4, 0.5) is 4.79 Å². The zero-order chi connectivity index (χ0) is 19.0. The van der Waals surface area contributed by atoms with Crippen molar-refractivity contribution >= 4 is 17.4 Å². The molecule has 142 valence electrons. The highest BCUT2D eigenvalue weighted by Crippen LogP contribution is 2.30. The van der Waals surface area contributed by atoms with Crippen molar-refractivity contribution < 1.29 is 14.6 Å². The monoisotopic (exact) mass is 376 g/mol. The zero-order valence-electron chi connectivity index (χ0n) is 15.7. The number of rotatable bonds is 8. The Hall–Kier alpha value is -2.05. The molecule has 0 aliphatic carbocycles. The number of nitrogens with one attached hydrogen (secondary N) is 1. The first-order valence-electron chi connectivity index (χ1n) is 8.79. The lowest BCUT2D eigenvalue weighted by Gasteiger charge is -2.23. The molecule has 0 atom stereocenters. The molecular weight excluding hydrogens is 348 g/mol. The molecule has 2 N–H and O–H groups in total. The summed E-state index contributed by atoms with van der Waals surface area (Å²) in [5.41, 5.74) is 2.21. The number of hydrogen-bond donors (Lipinski definition) is 2. The first-order valence-corrected chi connectivity index (χ1v) is 9.73. The first kappa shape index (κ1) is 20.3. The van der Waals surface area contributed by atoms with Crippen molar-refractivity contribution in [2.24, 2.45) is 0 Å². The molecule has 1 aromatic heterocycles. The standard InChI is InChI=1S/C20H28N2O3S/c1-20(2,3)17-6-4-5-7-18(17)25-12-9-21-19(24)22(10-11-23)14-16-8-13-26-15-16/h4-8,13,15,23H,9-12,14H2,1-3H3,(H,21,24). The summed E-state index contributed by atoms with van der Waals surface area (Å²) >= 11 is 1.59. The van der Waals surface area contributed by atoms with Gasteiger partial charge in [-0.05, 0) is 39.4 Å². The molecule has 1 aromatic carbocycles. The normalized spacial score (nSPS) is 11.2. The Bertz CT molecular complexity index is 681. The van der Waals surface area contributed by atoms with E-state index in [4.69, 9.17) is 4.74 Å². The van der Waals surface area contributed by atoms with E-state index < -0.39 is 0 Å². The average Bonchev–Trinajstić information content (AvgIpc) is 3.11. The van der Waals surface area contributed by atoms with E-state index in [9.17, 15) is 9.90 Å². The van der Waals surface area contributed by atoms with E-state index in [0.29, 0.717) is 26.2 Å². The minimum Gasteiger partial charge on any atom is -0.491 e. The Morgan fingerprint density at radius 3 is 2.69 bits per heavy atom. The Morgan fingerprint density at radius 2 is 2.04 bits per heavy atom. The summed E-state index contributed by atoms with van der Waals surface area (Å²) in [5, 5.41) is 16.0. The number of aliphatic hydroxyl groups is 1. The van der Waals surface area contributed by atoms with Crippen LogP contribution in [-0.2, 0) is 12.0 Å². The number of aliphatic hydroxyl groups excluding tert-OH is 1. The van der Waals surface area contributed by atoms with E-state index in [1.807, 2.05) is 35.0 Å². The number of carbonyl (C=O) groups is 1. The van der Waals surface area contributed by atoms with Gasteiger partial charge in [-0.15, -0.1) is 0 Å². The average molecular weight is 377 g/mol. The molecule has 26 heavy (non-hydrogen) atoms. The lowest BCUT2D eigenvalue weighted by atomic mass is 9.86. The van der Waals surface area contributed by atoms with Gasteiger partial charge in [0.05, 0.1) is 13.2 Å². The third-order valence-electron chi connectivity index (χ3n) is 3.94. The molecule has 0 aliphatic rings. The number of urea groups is 1. The van der Waals surface area contributed by atoms with Gasteiger partial charge < -0.3 is 20.1 Å². The SMILES string of the molecule is CC(C)(C)c1ccccc1OCCNC(=O)N(CCO)Cc1ccsc1. The minimum absolute atomic E-state index is 0.00169. The Labute approximate surface area is 159 Å². The second-order valence-electron chi connectivity index (χ2n) is 7.10. The maximum Gasteiger partial charge on any atom is 0.317 e. The van der Waals surface area contributed by atoms with Gasteiger partial charge in [0.2, 0.25) is 0 Å². The largest absolute Gasteiger partial charge is 0.491 e. The van der Waals surface area contributed by atoms with E-state index in [1.165, 1.54) is 0 Å². The van der Waals surface area contributed by atoms with Crippen LogP contribution in [0.25, 0.3) is 0 Å². The van der Waals surface area contributed by atoms with E-state index in [-0.39, 0.29) is 18.1 Å². The van der Waals surface area contributed by atoms with Gasteiger partial charge in [0, 0.05) is 13.1 Å². The minimum atomic E-state index is -0.196. The molecule has 0 bridgehead atoms. The van der Waals surface area contributed by atoms with Gasteiger partial charge in [0.15, 0.2) is 0 Å². The number of nitrogens with zero attached hydrogens (tertiary/aromatic N) is 1. The summed E-state index contributed by atoms with van der Waals surface area (Å²) in [6.45, 7) is 7.97. The maximum absolute atomic E-state index is 12.3. The van der Waals surface area contributed by atoms with Crippen LogP contribution in [0, 0.1) is 0 Å². The van der Waals surface area contributed by atoms with Crippen LogP contribution in [0.15, 0.2) is 41.1 Å². The summed E-state index contributed by atoms with van der Waals surface area (Å²) < 4.78 is 5.88. The summed E-state index contributed by atoms with van der Waals surface area (Å²) in [6.07, 6.45) is 0. The fourth-order valence-corrected chi connectivity index (χ4v) is 3.28. The molecule has 0 aliphatic heterocycles. The smallest absolute Gasteiger partial charge is 0.317 e. The highest BCUT2D eigenvalue weighted by atomic mass is 32.1. The van der Waals surface area contributed by atoms with Crippen LogP contribution in [0.5, 0.6) is 5.75 Å². The van der Waals surface area contributed by atoms with Crippen LogP contribution in [0.3, 0.4) is 0 Å². The van der Waals surface area contributed by atoms with Crippen molar-refractivity contribution in [1.29, 1.82) is 0 Å². The quantitative estimate of drug-likeness (QED) is 0.692. The Morgan fingerprint density at radius 1 is 1.27 bits per heavy atom. The fraction of sp³-hybridized carbons (Fsp3) is 0.450. The van der Waals surface area contributed by atoms with E-state index >= 15 is 0 Å². The number of amides is 2. The van der Waals surface area contributed by atoms with E-state index in [2.05, 4.69) is 32.2 Å². The fourth-order valence-electron chi connectivity index (χ4n) is 2.62. The van der Waals surface area contributed by atoms with Gasteiger partial charge in [-0.1, -0.05) is 39.0 Å². The molecule has 2 amide bonds. The molecule has 0 saturated carbocycles. The van der Waals surface area contributed by atoms with Crippen molar-refractivity contribution in [3.8, 4) is 5.75 Å². The molecule has 1 heterocycles. The van der Waals surface area contributed by atoms with E-state index in [1.54, 1.807) is 16.2 Å². The van der Waals surface area contributed by atoms with Crippen molar-refractivity contribution in [2.45, 2.75) is 32.7 Å². The van der Waals surface area contributed by atoms with Crippen LogP contribution >= 0.6 is 11.3 Å². The summed E-state index contributed by atoms with van der Waals surface area (Å²) in [6, 6.07) is 9.77. The summed E-state index contributed by atoms with van der Waals surface area (Å²) in [7, 11) is 0. The summed E-state index contributed by atoms with van der Waals surface area (Å²) in [4.78, 5) is 14.0. The predicted molar refractivity (Wildman–Crippen MR) is 106 cm³/mol. The Kier molecular flexibility index (Phi) is 7.48. The van der Waals surface area contributed by atoms with Gasteiger partial charge in [-0.2, -0.15) is 11.3 Å². The second-order valence-corrected chi connectivity index (χ2v) is 7.88. The molecular formula is C20H28N2O3S. The van der Waals surface area contributed by atoms with E-state index in [0.717, 1.165) is 16.9 Å². The van der Waals surface area contributed by atoms with Gasteiger partial charge >= 0.3 is 6.03 Å². The molecule has 6 heteroatoms. The number of hydrogen-bond acceptors (Lipinski definition) is 4. The lowest BCUT2D eigenvalue weighted by molar-refractivity contribution is 0.172. The van der Waals surface area contributed by atoms with Crippen LogP contribution in [-0.4, -0.2) is 42.3 Å². The molecule has 0 radical (unpaired) electrons. The molecule has 2 rings (SSSR count). The lowest BCUT2D eigenvalue weighted by Crippen LogP contribution is -2.42. The molecule has 5 nitrogen and oxygen atoms in total. The summed E-state index contributed by atoms with van der Waals surface area (Å²) in [5.74, 6) is 0.847. The number of para-hydroxylation sites is 1. The number of benzene rings is 1. The number of ether oxygens (including phenoxy) is 1. The van der Waals surface area contributed by atoms with Gasteiger partial charge in [-0.25, -0.2) is 4.79 Å². The van der Waals surface area contributed by atoms with Gasteiger partial charge in [0.1, 0.15) is 12.4 Å². The maximum atomic E-state index is 12.3. The molecule has 2 aromatic rings. The van der Waals surface area contributed by atoms with Crippen molar-refractivity contribution in [1.82, 2.24) is 10.2 Å². The van der Waals surface area contributed by atoms with Gasteiger partial charge in [0.25, 0.3) is 0 Å². The van der Waals surface area contributed by atoms with Crippen molar-refractivity contribution in [2.75, 3.05) is 26.3 Å². The highest BCUT2D eigenvalue weighted by molar-refractivity contribution is 7.07. The topological polar surface area (TPSA) is 61.8 Å². The Balaban J connectivity index is 1.84. The third-order valence-corrected chi connectivity index (χ3v) is 4.67. The third kappa shape index (κ3) is 6.04. The highest BCUT2D eigenvalue weighted by Gasteiger charge is 2.18. The van der Waals surface area contributed by atoms with Crippen molar-refractivity contribution in [3.05, 3.63) is 52.2 Å². The predicted octanol–water partition coefficient (Wildman–Crippen LogP) is 3.63. The molecule has 0 fully saturated rings.